The second-order valence-corrected chi connectivity index (χ2v) is 18.3. The summed E-state index contributed by atoms with van der Waals surface area (Å²) in [6, 6.07) is 46.2. The van der Waals surface area contributed by atoms with Crippen molar-refractivity contribution < 1.29 is 0 Å². The molecule has 0 aliphatic carbocycles. The Morgan fingerprint density at radius 3 is 1.22 bits per heavy atom. The van der Waals surface area contributed by atoms with Crippen LogP contribution >= 0.6 is 0 Å². The summed E-state index contributed by atoms with van der Waals surface area (Å²) >= 11 is 0.287. The molecule has 4 aromatic heterocycles. The summed E-state index contributed by atoms with van der Waals surface area (Å²) < 4.78 is 11.2. The summed E-state index contributed by atoms with van der Waals surface area (Å²) in [4.78, 5) is 0. The molecule has 0 aliphatic heterocycles. The van der Waals surface area contributed by atoms with Crippen molar-refractivity contribution in [3.8, 4) is 22.3 Å². The number of hydrogen-bond donors (Lipinski definition) is 0. The summed E-state index contributed by atoms with van der Waals surface area (Å²) in [5, 5.41) is 5.67. The van der Waals surface area contributed by atoms with E-state index in [2.05, 4.69) is 158 Å². The predicted molar refractivity (Wildman–Crippen MR) is 217 cm³/mol. The molecule has 50 heavy (non-hydrogen) atoms. The van der Waals surface area contributed by atoms with Crippen molar-refractivity contribution >= 4 is 101 Å². The zero-order valence-corrected chi connectivity index (χ0v) is 31.7. The summed E-state index contributed by atoms with van der Waals surface area (Å²) in [5.74, 6) is 0. The van der Waals surface area contributed by atoms with Crippen molar-refractivity contribution in [2.24, 2.45) is 0 Å². The zero-order valence-electron chi connectivity index (χ0n) is 28.3. The van der Waals surface area contributed by atoms with Crippen molar-refractivity contribution in [3.63, 3.8) is 0 Å². The number of para-hydroxylation sites is 2. The SMILES string of the molecule is Cc1cccc(C)c1-c1ccc2c(c1)c1c3[se]c4ccccc4n4c5ccc(-c6c(C)cccc6C)cc5c(c5[se]c6ccccc6n2c51)c34. The Morgan fingerprint density at radius 1 is 0.400 bits per heavy atom. The number of benzene rings is 7. The number of fused-ring (bicyclic) bond motifs is 12. The second kappa shape index (κ2) is 10.4. The molecule has 0 spiro atoms. The minimum absolute atomic E-state index is 0.144. The number of nitrogens with zero attached hydrogens (tertiary/aromatic N) is 2. The maximum absolute atomic E-state index is 2.63. The van der Waals surface area contributed by atoms with Gasteiger partial charge in [-0.2, -0.15) is 0 Å². The standard InChI is InChI=1S/C46H32N2Se2/c1-25-11-9-12-26(2)39(25)29-19-21-33-31(23-29)41-43-46(50-37-17-7-5-15-35(37)47(33)43)42-32-24-30(40-27(3)13-10-14-28(40)4)20-22-34(32)48-36-16-6-8-18-38(36)49-45(41)44(42)48/h5-24H,1-4H3. The third-order valence-electron chi connectivity index (χ3n) is 11.0. The van der Waals surface area contributed by atoms with Gasteiger partial charge in [0.15, 0.2) is 0 Å². The fourth-order valence-corrected chi connectivity index (χ4v) is 14.1. The van der Waals surface area contributed by atoms with Gasteiger partial charge in [0.1, 0.15) is 0 Å². The zero-order chi connectivity index (χ0) is 33.4. The van der Waals surface area contributed by atoms with Crippen LogP contribution in [-0.4, -0.2) is 37.8 Å². The summed E-state index contributed by atoms with van der Waals surface area (Å²) in [5.41, 5.74) is 18.8. The van der Waals surface area contributed by atoms with Crippen LogP contribution in [0.2, 0.25) is 0 Å². The third kappa shape index (κ3) is 3.75. The first-order valence-electron chi connectivity index (χ1n) is 17.3. The Bertz CT molecular complexity index is 2990. The molecule has 0 radical (unpaired) electrons. The number of aryl methyl sites for hydroxylation is 4. The Labute approximate surface area is 301 Å². The van der Waals surface area contributed by atoms with E-state index < -0.39 is 0 Å². The topological polar surface area (TPSA) is 8.82 Å². The maximum atomic E-state index is 2.63. The molecule has 0 fully saturated rings. The van der Waals surface area contributed by atoms with Gasteiger partial charge in [-0.05, 0) is 0 Å². The van der Waals surface area contributed by atoms with Gasteiger partial charge in [0.25, 0.3) is 0 Å². The van der Waals surface area contributed by atoms with Gasteiger partial charge in [-0.1, -0.05) is 0 Å². The molecule has 2 nitrogen and oxygen atoms in total. The first-order chi connectivity index (χ1) is 24.5. The monoisotopic (exact) mass is 772 g/mol. The second-order valence-electron chi connectivity index (χ2n) is 13.9. The van der Waals surface area contributed by atoms with Crippen LogP contribution in [0, 0.1) is 27.7 Å². The molecule has 0 saturated carbocycles. The van der Waals surface area contributed by atoms with Crippen LogP contribution in [0.1, 0.15) is 22.3 Å². The molecule has 238 valence electrons. The number of rotatable bonds is 2. The molecule has 11 aromatic rings. The van der Waals surface area contributed by atoms with Crippen molar-refractivity contribution in [2.45, 2.75) is 27.7 Å². The van der Waals surface area contributed by atoms with E-state index in [9.17, 15) is 0 Å². The van der Waals surface area contributed by atoms with Crippen molar-refractivity contribution in [2.75, 3.05) is 0 Å². The van der Waals surface area contributed by atoms with Gasteiger partial charge in [0.05, 0.1) is 0 Å². The van der Waals surface area contributed by atoms with Gasteiger partial charge >= 0.3 is 303 Å². The molecule has 0 amide bonds. The van der Waals surface area contributed by atoms with E-state index in [0.29, 0.717) is 0 Å². The Kier molecular flexibility index (Phi) is 6.00. The van der Waals surface area contributed by atoms with Gasteiger partial charge in [0, 0.05) is 0 Å². The molecule has 0 unspecified atom stereocenters. The molecular weight excluding hydrogens is 738 g/mol. The van der Waals surface area contributed by atoms with Gasteiger partial charge < -0.3 is 0 Å². The van der Waals surface area contributed by atoms with Crippen LogP contribution in [0.5, 0.6) is 0 Å². The summed E-state index contributed by atoms with van der Waals surface area (Å²) in [6.07, 6.45) is 0. The quantitative estimate of drug-likeness (QED) is 0.122. The van der Waals surface area contributed by atoms with E-state index >= 15 is 0 Å². The van der Waals surface area contributed by atoms with Gasteiger partial charge in [-0.25, -0.2) is 0 Å². The van der Waals surface area contributed by atoms with Crippen molar-refractivity contribution in [1.29, 1.82) is 0 Å². The van der Waals surface area contributed by atoms with E-state index in [0.717, 1.165) is 0 Å². The van der Waals surface area contributed by atoms with Gasteiger partial charge in [0.2, 0.25) is 0 Å². The van der Waals surface area contributed by atoms with Crippen LogP contribution in [0.4, 0.5) is 0 Å². The number of hydrogen-bond acceptors (Lipinski definition) is 0. The fourth-order valence-electron chi connectivity index (χ4n) is 8.93. The van der Waals surface area contributed by atoms with Crippen LogP contribution in [0.15, 0.2) is 121 Å². The molecule has 0 saturated heterocycles. The first-order valence-corrected chi connectivity index (χ1v) is 20.7. The molecule has 7 aromatic carbocycles. The van der Waals surface area contributed by atoms with E-state index in [4.69, 9.17) is 0 Å². The van der Waals surface area contributed by atoms with E-state index in [-0.39, 0.29) is 29.0 Å². The normalized spacial score (nSPS) is 12.4. The van der Waals surface area contributed by atoms with Crippen molar-refractivity contribution in [3.05, 3.63) is 144 Å². The molecule has 4 heteroatoms. The van der Waals surface area contributed by atoms with E-state index in [1.165, 1.54) is 116 Å². The average Bonchev–Trinajstić information content (AvgIpc) is 3.65. The minimum atomic E-state index is 0.144. The van der Waals surface area contributed by atoms with Crippen LogP contribution in [0.25, 0.3) is 93.9 Å². The Morgan fingerprint density at radius 2 is 0.800 bits per heavy atom. The Hall–Kier alpha value is -4.82. The molecule has 11 rings (SSSR count). The number of aromatic nitrogens is 2. The molecular formula is C46H32N2Se2. The van der Waals surface area contributed by atoms with Crippen LogP contribution in [0.3, 0.4) is 0 Å². The summed E-state index contributed by atoms with van der Waals surface area (Å²) in [7, 11) is 0. The average molecular weight is 771 g/mol. The molecule has 0 aliphatic rings. The third-order valence-corrected chi connectivity index (χ3v) is 15.9. The van der Waals surface area contributed by atoms with Crippen molar-refractivity contribution in [1.82, 2.24) is 8.80 Å². The molecule has 0 bridgehead atoms. The van der Waals surface area contributed by atoms with E-state index in [1.807, 2.05) is 0 Å². The van der Waals surface area contributed by atoms with Crippen LogP contribution < -0.4 is 0 Å². The molecule has 0 atom stereocenters. The summed E-state index contributed by atoms with van der Waals surface area (Å²) in [6.45, 7) is 9.00. The van der Waals surface area contributed by atoms with Gasteiger partial charge in [-0.15, -0.1) is 0 Å². The Balaban J connectivity index is 1.43. The molecule has 4 heterocycles. The van der Waals surface area contributed by atoms with Gasteiger partial charge in [-0.3, -0.25) is 0 Å². The fraction of sp³-hybridized carbons (Fsp3) is 0.0870. The van der Waals surface area contributed by atoms with E-state index in [1.54, 1.807) is 0 Å². The molecule has 0 N–H and O–H groups in total. The first kappa shape index (κ1) is 29.0. The van der Waals surface area contributed by atoms with Crippen LogP contribution in [-0.2, 0) is 0 Å². The predicted octanol–water partition coefficient (Wildman–Crippen LogP) is 11.8.